The van der Waals surface area contributed by atoms with Gasteiger partial charge in [-0.15, -0.1) is 23.2 Å². The van der Waals surface area contributed by atoms with Crippen molar-refractivity contribution in [2.75, 3.05) is 28.0 Å². The molecule has 0 saturated heterocycles. The molecule has 42 heavy (non-hydrogen) atoms. The van der Waals surface area contributed by atoms with Crippen molar-refractivity contribution in [1.82, 2.24) is 0 Å². The lowest BCUT2D eigenvalue weighted by Gasteiger charge is -2.12. The lowest BCUT2D eigenvalue weighted by molar-refractivity contribution is -0.140. The molecule has 1 fully saturated rings. The average molecular weight is 667 g/mol. The third-order valence-corrected chi connectivity index (χ3v) is 8.07. The van der Waals surface area contributed by atoms with Crippen LogP contribution in [-0.4, -0.2) is 34.1 Å². The Balaban J connectivity index is 1.48. The summed E-state index contributed by atoms with van der Waals surface area (Å²) in [7, 11) is 0. The Kier molecular flexibility index (Phi) is 9.31. The van der Waals surface area contributed by atoms with Crippen LogP contribution in [0.3, 0.4) is 0 Å². The quantitative estimate of drug-likeness (QED) is 0.170. The highest BCUT2D eigenvalue weighted by molar-refractivity contribution is 7.99. The maximum absolute atomic E-state index is 14.6. The fourth-order valence-electron chi connectivity index (χ4n) is 4.23. The monoisotopic (exact) mass is 665 g/mol. The van der Waals surface area contributed by atoms with Crippen LogP contribution in [0.1, 0.15) is 27.4 Å². The number of nitrogens with one attached hydrogen (secondary N) is 3. The standard InChI is InChI=1S/C27H19Cl3F5N3O3S/c1-42-11-21(39)36-14-4-7-20(19(32)10-14)38-24(40)15-9-13(3-5-17(15)28)37-25(41)23-22(26(23,29)30)12-2-6-18(31)16(8-12)27(33,34)35/h2-10,22-23H,11H2,1H3,(H,36,39)(H,37,41)(H,38,40)/t22-,23+/m0/s1. The number of amides is 3. The van der Waals surface area contributed by atoms with E-state index in [1.807, 2.05) is 0 Å². The molecule has 3 aromatic rings. The van der Waals surface area contributed by atoms with E-state index in [2.05, 4.69) is 16.0 Å². The molecule has 0 spiro atoms. The molecule has 0 heterocycles. The summed E-state index contributed by atoms with van der Waals surface area (Å²) in [5.74, 6) is -6.35. The Labute approximate surface area is 255 Å². The fourth-order valence-corrected chi connectivity index (χ4v) is 5.60. The highest BCUT2D eigenvalue weighted by Gasteiger charge is 2.67. The Morgan fingerprint density at radius 2 is 1.57 bits per heavy atom. The number of hydrogen-bond donors (Lipinski definition) is 3. The van der Waals surface area contributed by atoms with Crippen LogP contribution in [-0.2, 0) is 15.8 Å². The van der Waals surface area contributed by atoms with Crippen molar-refractivity contribution < 1.29 is 36.3 Å². The Hall–Kier alpha value is -3.06. The molecular weight excluding hydrogens is 648 g/mol. The highest BCUT2D eigenvalue weighted by Crippen LogP contribution is 2.65. The van der Waals surface area contributed by atoms with Gasteiger partial charge in [0.15, 0.2) is 0 Å². The average Bonchev–Trinajstić information content (AvgIpc) is 3.48. The van der Waals surface area contributed by atoms with E-state index in [0.29, 0.717) is 12.1 Å². The number of rotatable bonds is 8. The molecule has 3 aromatic carbocycles. The molecule has 3 amide bonds. The van der Waals surface area contributed by atoms with Crippen molar-refractivity contribution in [2.24, 2.45) is 5.92 Å². The number of thioether (sulfide) groups is 1. The number of anilines is 3. The van der Waals surface area contributed by atoms with Crippen molar-refractivity contribution in [3.8, 4) is 0 Å². The third kappa shape index (κ3) is 6.94. The molecule has 1 aliphatic rings. The molecule has 4 rings (SSSR count). The van der Waals surface area contributed by atoms with Gasteiger partial charge in [0.2, 0.25) is 11.8 Å². The summed E-state index contributed by atoms with van der Waals surface area (Å²) in [5, 5.41) is 7.33. The van der Waals surface area contributed by atoms with Crippen LogP contribution in [0.4, 0.5) is 39.0 Å². The predicted octanol–water partition coefficient (Wildman–Crippen LogP) is 7.72. The first-order chi connectivity index (χ1) is 19.6. The molecule has 0 aromatic heterocycles. The minimum absolute atomic E-state index is 0.0359. The molecule has 0 unspecified atom stereocenters. The van der Waals surface area contributed by atoms with E-state index < -0.39 is 51.4 Å². The molecule has 222 valence electrons. The minimum atomic E-state index is -4.97. The Bertz CT molecular complexity index is 1570. The van der Waals surface area contributed by atoms with Crippen LogP contribution in [0.25, 0.3) is 0 Å². The third-order valence-electron chi connectivity index (χ3n) is 6.25. The first kappa shape index (κ1) is 31.9. The number of carbonyl (C=O) groups excluding carboxylic acids is 3. The number of benzene rings is 3. The molecule has 6 nitrogen and oxygen atoms in total. The molecule has 1 saturated carbocycles. The van der Waals surface area contributed by atoms with E-state index in [0.717, 1.165) is 12.1 Å². The summed E-state index contributed by atoms with van der Waals surface area (Å²) in [6.07, 6.45) is -3.23. The van der Waals surface area contributed by atoms with E-state index >= 15 is 0 Å². The van der Waals surface area contributed by atoms with E-state index in [4.69, 9.17) is 34.8 Å². The zero-order chi connectivity index (χ0) is 31.0. The van der Waals surface area contributed by atoms with Crippen LogP contribution in [0.2, 0.25) is 5.02 Å². The van der Waals surface area contributed by atoms with Crippen molar-refractivity contribution in [1.29, 1.82) is 0 Å². The largest absolute Gasteiger partial charge is 0.419 e. The number of alkyl halides is 5. The number of halogens is 8. The van der Waals surface area contributed by atoms with Crippen molar-refractivity contribution >= 4 is 81.3 Å². The van der Waals surface area contributed by atoms with E-state index in [9.17, 15) is 36.3 Å². The fraction of sp³-hybridized carbons (Fsp3) is 0.222. The van der Waals surface area contributed by atoms with Gasteiger partial charge in [0.05, 0.1) is 33.5 Å². The first-order valence-corrected chi connectivity index (χ1v) is 14.4. The van der Waals surface area contributed by atoms with Gasteiger partial charge in [-0.1, -0.05) is 17.7 Å². The second kappa shape index (κ2) is 12.3. The van der Waals surface area contributed by atoms with Gasteiger partial charge < -0.3 is 16.0 Å². The highest BCUT2D eigenvalue weighted by atomic mass is 35.5. The summed E-state index contributed by atoms with van der Waals surface area (Å²) >= 11 is 19.9. The second-order valence-electron chi connectivity index (χ2n) is 9.18. The van der Waals surface area contributed by atoms with Crippen molar-refractivity contribution in [3.63, 3.8) is 0 Å². The lowest BCUT2D eigenvalue weighted by Crippen LogP contribution is -2.18. The predicted molar refractivity (Wildman–Crippen MR) is 154 cm³/mol. The van der Waals surface area contributed by atoms with Crippen LogP contribution in [0.5, 0.6) is 0 Å². The summed E-state index contributed by atoms with van der Waals surface area (Å²) < 4.78 is 66.0. The van der Waals surface area contributed by atoms with Crippen molar-refractivity contribution in [2.45, 2.75) is 16.4 Å². The van der Waals surface area contributed by atoms with Crippen LogP contribution < -0.4 is 16.0 Å². The maximum Gasteiger partial charge on any atom is 0.419 e. The molecular formula is C27H19Cl3F5N3O3S. The normalized spacial score (nSPS) is 17.4. The zero-order valence-corrected chi connectivity index (χ0v) is 24.3. The van der Waals surface area contributed by atoms with Gasteiger partial charge >= 0.3 is 6.18 Å². The van der Waals surface area contributed by atoms with E-state index in [-0.39, 0.29) is 44.9 Å². The summed E-state index contributed by atoms with van der Waals surface area (Å²) in [6.45, 7) is 0. The topological polar surface area (TPSA) is 87.3 Å². The number of carbonyl (C=O) groups is 3. The molecule has 0 bridgehead atoms. The molecule has 3 N–H and O–H groups in total. The van der Waals surface area contributed by atoms with Gasteiger partial charge in [-0.25, -0.2) is 8.78 Å². The van der Waals surface area contributed by atoms with Crippen molar-refractivity contribution in [3.05, 3.63) is 87.9 Å². The minimum Gasteiger partial charge on any atom is -0.326 e. The second-order valence-corrected chi connectivity index (χ2v) is 11.9. The summed E-state index contributed by atoms with van der Waals surface area (Å²) in [4.78, 5) is 37.6. The van der Waals surface area contributed by atoms with Gasteiger partial charge in [-0.2, -0.15) is 24.9 Å². The van der Waals surface area contributed by atoms with Crippen LogP contribution in [0, 0.1) is 17.6 Å². The van der Waals surface area contributed by atoms with Crippen LogP contribution in [0.15, 0.2) is 54.6 Å². The zero-order valence-electron chi connectivity index (χ0n) is 21.2. The lowest BCUT2D eigenvalue weighted by atomic mass is 10.0. The van der Waals surface area contributed by atoms with Gasteiger partial charge in [0.25, 0.3) is 5.91 Å². The molecule has 2 atom stereocenters. The van der Waals surface area contributed by atoms with E-state index in [1.165, 1.54) is 42.1 Å². The summed E-state index contributed by atoms with van der Waals surface area (Å²) in [6, 6.07) is 9.76. The van der Waals surface area contributed by atoms with Gasteiger partial charge in [0, 0.05) is 17.3 Å². The van der Waals surface area contributed by atoms with Gasteiger partial charge in [0.1, 0.15) is 16.0 Å². The first-order valence-electron chi connectivity index (χ1n) is 11.9. The number of hydrogen-bond acceptors (Lipinski definition) is 4. The van der Waals surface area contributed by atoms with Crippen LogP contribution >= 0.6 is 46.6 Å². The van der Waals surface area contributed by atoms with Gasteiger partial charge in [-0.05, 0) is 60.4 Å². The molecule has 15 heteroatoms. The molecule has 1 aliphatic carbocycles. The SMILES string of the molecule is CSCC(=O)Nc1ccc(NC(=O)c2cc(NC(=O)[C@H]3[C@H](c4ccc(F)c(C(F)(F)F)c4)C3(Cl)Cl)ccc2Cl)c(F)c1. The summed E-state index contributed by atoms with van der Waals surface area (Å²) in [5.41, 5.74) is -1.70. The smallest absolute Gasteiger partial charge is 0.326 e. The van der Waals surface area contributed by atoms with Gasteiger partial charge in [-0.3, -0.25) is 14.4 Å². The molecule has 0 radical (unpaired) electrons. The molecule has 0 aliphatic heterocycles. The Morgan fingerprint density at radius 1 is 0.905 bits per heavy atom. The maximum atomic E-state index is 14.6. The van der Waals surface area contributed by atoms with E-state index in [1.54, 1.807) is 6.26 Å². The Morgan fingerprint density at radius 3 is 2.21 bits per heavy atom.